The lowest BCUT2D eigenvalue weighted by Gasteiger charge is -2.20. The van der Waals surface area contributed by atoms with E-state index in [9.17, 15) is 18.0 Å². The van der Waals surface area contributed by atoms with Gasteiger partial charge in [-0.3, -0.25) is 4.79 Å². The molecule has 5 heteroatoms. The minimum absolute atomic E-state index is 0.119. The van der Waals surface area contributed by atoms with Gasteiger partial charge in [0.1, 0.15) is 0 Å². The van der Waals surface area contributed by atoms with Crippen molar-refractivity contribution in [2.24, 2.45) is 5.92 Å². The van der Waals surface area contributed by atoms with Crippen LogP contribution in [-0.2, 0) is 4.79 Å². The minimum atomic E-state index is -3.12. The third-order valence-electron chi connectivity index (χ3n) is 3.93. The second-order valence-corrected chi connectivity index (χ2v) is 5.16. The number of amides is 1. The molecule has 2 aromatic rings. The van der Waals surface area contributed by atoms with E-state index < -0.39 is 24.4 Å². The Morgan fingerprint density at radius 3 is 2.52 bits per heavy atom. The number of halogens is 3. The number of hydrogen-bond donors (Lipinski definition) is 0. The normalized spacial score (nSPS) is 20.5. The quantitative estimate of drug-likeness (QED) is 0.843. The molecule has 2 unspecified atom stereocenters. The number of benzene rings is 2. The van der Waals surface area contributed by atoms with Gasteiger partial charge in [0.15, 0.2) is 6.17 Å². The second kappa shape index (κ2) is 5.39. The molecule has 1 fully saturated rings. The number of rotatable bonds is 3. The van der Waals surface area contributed by atoms with Crippen molar-refractivity contribution in [2.45, 2.75) is 19.0 Å². The molecular formula is C16H14F3NO. The molecule has 2 nitrogen and oxygen atoms in total. The van der Waals surface area contributed by atoms with Crippen molar-refractivity contribution in [3.8, 4) is 0 Å². The van der Waals surface area contributed by atoms with E-state index in [2.05, 4.69) is 0 Å². The van der Waals surface area contributed by atoms with E-state index in [1.54, 1.807) is 12.1 Å². The lowest BCUT2D eigenvalue weighted by Crippen LogP contribution is -2.33. The SMILES string of the molecule is O=C1C(C(F)C(F)F)CCN1c1cccc2ccccc12. The fourth-order valence-electron chi connectivity index (χ4n) is 2.86. The third-order valence-corrected chi connectivity index (χ3v) is 3.93. The molecule has 1 heterocycles. The van der Waals surface area contributed by atoms with E-state index in [-0.39, 0.29) is 13.0 Å². The maximum Gasteiger partial charge on any atom is 0.270 e. The minimum Gasteiger partial charge on any atom is -0.311 e. The Hall–Kier alpha value is -2.04. The lowest BCUT2D eigenvalue weighted by atomic mass is 10.0. The van der Waals surface area contributed by atoms with Crippen molar-refractivity contribution >= 4 is 22.4 Å². The average Bonchev–Trinajstić information content (AvgIpc) is 2.87. The van der Waals surface area contributed by atoms with Crippen molar-refractivity contribution in [3.63, 3.8) is 0 Å². The summed E-state index contributed by atoms with van der Waals surface area (Å²) in [5, 5.41) is 1.82. The topological polar surface area (TPSA) is 20.3 Å². The van der Waals surface area contributed by atoms with Crippen LogP contribution in [0.5, 0.6) is 0 Å². The largest absolute Gasteiger partial charge is 0.311 e. The van der Waals surface area contributed by atoms with Crippen LogP contribution in [0.1, 0.15) is 6.42 Å². The predicted molar refractivity (Wildman–Crippen MR) is 75.3 cm³/mol. The first-order valence-corrected chi connectivity index (χ1v) is 6.81. The van der Waals surface area contributed by atoms with Gasteiger partial charge in [0, 0.05) is 11.9 Å². The van der Waals surface area contributed by atoms with Crippen LogP contribution in [0.3, 0.4) is 0 Å². The van der Waals surface area contributed by atoms with Crippen molar-refractivity contribution in [3.05, 3.63) is 42.5 Å². The molecule has 21 heavy (non-hydrogen) atoms. The Labute approximate surface area is 120 Å². The first-order valence-electron chi connectivity index (χ1n) is 6.81. The molecule has 0 aliphatic carbocycles. The van der Waals surface area contributed by atoms with Gasteiger partial charge in [0.25, 0.3) is 6.43 Å². The molecule has 1 aliphatic rings. The maximum absolute atomic E-state index is 13.5. The molecule has 0 saturated carbocycles. The molecule has 0 radical (unpaired) electrons. The van der Waals surface area contributed by atoms with Crippen LogP contribution in [0, 0.1) is 5.92 Å². The van der Waals surface area contributed by atoms with Crippen LogP contribution >= 0.6 is 0 Å². The van der Waals surface area contributed by atoms with Crippen LogP contribution in [0.4, 0.5) is 18.9 Å². The molecule has 0 bridgehead atoms. The van der Waals surface area contributed by atoms with Crippen LogP contribution < -0.4 is 4.90 Å². The molecule has 1 amide bonds. The van der Waals surface area contributed by atoms with Crippen LogP contribution in [-0.4, -0.2) is 25.0 Å². The monoisotopic (exact) mass is 293 g/mol. The van der Waals surface area contributed by atoms with Gasteiger partial charge in [-0.25, -0.2) is 13.2 Å². The Morgan fingerprint density at radius 1 is 1.05 bits per heavy atom. The van der Waals surface area contributed by atoms with Crippen LogP contribution in [0.25, 0.3) is 10.8 Å². The number of anilines is 1. The Kier molecular flexibility index (Phi) is 3.57. The van der Waals surface area contributed by atoms with E-state index >= 15 is 0 Å². The average molecular weight is 293 g/mol. The van der Waals surface area contributed by atoms with Crippen LogP contribution in [0.15, 0.2) is 42.5 Å². The van der Waals surface area contributed by atoms with Gasteiger partial charge in [-0.15, -0.1) is 0 Å². The molecule has 0 N–H and O–H groups in total. The third kappa shape index (κ3) is 2.37. The standard InChI is InChI=1S/C16H14F3NO/c17-14(15(18)19)12-8-9-20(16(12)21)13-7-3-5-10-4-1-2-6-11(10)13/h1-7,12,14-15H,8-9H2. The molecule has 0 aromatic heterocycles. The second-order valence-electron chi connectivity index (χ2n) is 5.16. The molecule has 2 atom stereocenters. The smallest absolute Gasteiger partial charge is 0.270 e. The van der Waals surface area contributed by atoms with E-state index in [0.717, 1.165) is 10.8 Å². The Balaban J connectivity index is 1.96. The maximum atomic E-state index is 13.5. The molecule has 2 aromatic carbocycles. The summed E-state index contributed by atoms with van der Waals surface area (Å²) in [6.07, 6.45) is -5.39. The van der Waals surface area contributed by atoms with Crippen LogP contribution in [0.2, 0.25) is 0 Å². The highest BCUT2D eigenvalue weighted by Crippen LogP contribution is 2.34. The molecule has 110 valence electrons. The van der Waals surface area contributed by atoms with Gasteiger partial charge >= 0.3 is 0 Å². The summed E-state index contributed by atoms with van der Waals surface area (Å²) in [5.41, 5.74) is 0.655. The van der Waals surface area contributed by atoms with Crippen molar-refractivity contribution in [2.75, 3.05) is 11.4 Å². The van der Waals surface area contributed by atoms with Gasteiger partial charge in [0.2, 0.25) is 5.91 Å². The first kappa shape index (κ1) is 13.9. The highest BCUT2D eigenvalue weighted by atomic mass is 19.3. The summed E-state index contributed by atoms with van der Waals surface area (Å²) in [6.45, 7) is 0.268. The molecule has 0 spiro atoms. The summed E-state index contributed by atoms with van der Waals surface area (Å²) >= 11 is 0. The lowest BCUT2D eigenvalue weighted by molar-refractivity contribution is -0.124. The number of nitrogens with zero attached hydrogens (tertiary/aromatic N) is 1. The molecule has 3 rings (SSSR count). The summed E-state index contributed by atoms with van der Waals surface area (Å²) in [6, 6.07) is 13.0. The van der Waals surface area contributed by atoms with Gasteiger partial charge in [-0.2, -0.15) is 0 Å². The van der Waals surface area contributed by atoms with Gasteiger partial charge in [0.05, 0.1) is 11.6 Å². The summed E-state index contributed by atoms with van der Waals surface area (Å²) in [7, 11) is 0. The fraction of sp³-hybridized carbons (Fsp3) is 0.312. The van der Waals surface area contributed by atoms with Crippen molar-refractivity contribution < 1.29 is 18.0 Å². The highest BCUT2D eigenvalue weighted by Gasteiger charge is 2.42. The number of carbonyl (C=O) groups is 1. The zero-order valence-corrected chi connectivity index (χ0v) is 11.2. The van der Waals surface area contributed by atoms with E-state index in [1.165, 1.54) is 4.90 Å². The Bertz CT molecular complexity index is 668. The molecule has 1 saturated heterocycles. The zero-order chi connectivity index (χ0) is 15.0. The number of hydrogen-bond acceptors (Lipinski definition) is 1. The first-order chi connectivity index (χ1) is 10.1. The van der Waals surface area contributed by atoms with E-state index in [0.29, 0.717) is 5.69 Å². The van der Waals surface area contributed by atoms with Crippen molar-refractivity contribution in [1.29, 1.82) is 0 Å². The molecular weight excluding hydrogens is 279 g/mol. The van der Waals surface area contributed by atoms with Gasteiger partial charge in [-0.05, 0) is 17.9 Å². The number of alkyl halides is 3. The van der Waals surface area contributed by atoms with E-state index in [1.807, 2.05) is 30.3 Å². The fourth-order valence-corrected chi connectivity index (χ4v) is 2.86. The Morgan fingerprint density at radius 2 is 1.76 bits per heavy atom. The van der Waals surface area contributed by atoms with E-state index in [4.69, 9.17) is 0 Å². The van der Waals surface area contributed by atoms with Crippen molar-refractivity contribution in [1.82, 2.24) is 0 Å². The zero-order valence-electron chi connectivity index (χ0n) is 11.2. The molecule has 1 aliphatic heterocycles. The predicted octanol–water partition coefficient (Wildman–Crippen LogP) is 3.80. The number of fused-ring (bicyclic) bond motifs is 1. The summed E-state index contributed by atoms with van der Waals surface area (Å²) in [4.78, 5) is 13.7. The van der Waals surface area contributed by atoms with Gasteiger partial charge in [-0.1, -0.05) is 36.4 Å². The summed E-state index contributed by atoms with van der Waals surface area (Å²) in [5.74, 6) is -1.80. The number of carbonyl (C=O) groups excluding carboxylic acids is 1. The van der Waals surface area contributed by atoms with Gasteiger partial charge < -0.3 is 4.90 Å². The summed E-state index contributed by atoms with van der Waals surface area (Å²) < 4.78 is 38.5. The highest BCUT2D eigenvalue weighted by molar-refractivity contribution is 6.05.